The minimum atomic E-state index is -0.574. The third-order valence-electron chi connectivity index (χ3n) is 4.19. The fraction of sp³-hybridized carbons (Fsp3) is 0.353. The van der Waals surface area contributed by atoms with E-state index < -0.39 is 6.04 Å². The molecule has 3 rings (SSSR count). The summed E-state index contributed by atoms with van der Waals surface area (Å²) < 4.78 is 17.4. The predicted molar refractivity (Wildman–Crippen MR) is 90.8 cm³/mol. The molecule has 0 radical (unpaired) electrons. The number of nitrogens with zero attached hydrogens (tertiary/aromatic N) is 2. The van der Waals surface area contributed by atoms with Gasteiger partial charge < -0.3 is 10.2 Å². The second kappa shape index (κ2) is 6.68. The van der Waals surface area contributed by atoms with Crippen LogP contribution in [0.2, 0.25) is 0 Å². The van der Waals surface area contributed by atoms with Crippen LogP contribution < -0.4 is 10.2 Å². The molecular formula is C17H18FN3O2S. The summed E-state index contributed by atoms with van der Waals surface area (Å²) >= 11 is 1.22. The number of benzene rings is 1. The molecule has 1 saturated heterocycles. The highest BCUT2D eigenvalue weighted by Crippen LogP contribution is 2.25. The molecule has 1 fully saturated rings. The first-order valence-electron chi connectivity index (χ1n) is 7.76. The minimum Gasteiger partial charge on any atom is -0.340 e. The Kier molecular flexibility index (Phi) is 4.62. The van der Waals surface area contributed by atoms with E-state index in [1.807, 2.05) is 0 Å². The molecule has 5 nitrogen and oxygen atoms in total. The fourth-order valence-corrected chi connectivity index (χ4v) is 3.61. The quantitative estimate of drug-likeness (QED) is 0.929. The van der Waals surface area contributed by atoms with E-state index in [4.69, 9.17) is 0 Å². The number of carbonyl (C=O) groups excluding carboxylic acids is 2. The molecule has 1 aliphatic rings. The van der Waals surface area contributed by atoms with E-state index in [-0.39, 0.29) is 17.6 Å². The molecule has 2 aromatic rings. The summed E-state index contributed by atoms with van der Waals surface area (Å²) in [6.45, 7) is 4.10. The van der Waals surface area contributed by atoms with Crippen molar-refractivity contribution in [2.75, 3.05) is 11.4 Å². The van der Waals surface area contributed by atoms with Gasteiger partial charge in [0, 0.05) is 17.6 Å². The smallest absolute Gasteiger partial charge is 0.254 e. The van der Waals surface area contributed by atoms with Crippen LogP contribution in [-0.4, -0.2) is 28.8 Å². The number of carbonyl (C=O) groups is 2. The summed E-state index contributed by atoms with van der Waals surface area (Å²) in [4.78, 5) is 26.7. The second-order valence-corrected chi connectivity index (χ2v) is 6.53. The lowest BCUT2D eigenvalue weighted by Crippen LogP contribution is -2.52. The number of amides is 2. The topological polar surface area (TPSA) is 62.3 Å². The lowest BCUT2D eigenvalue weighted by Gasteiger charge is -2.33. The number of anilines is 1. The number of aryl methyl sites for hydroxylation is 2. The van der Waals surface area contributed by atoms with Crippen molar-refractivity contribution in [3.05, 3.63) is 46.2 Å². The molecule has 24 heavy (non-hydrogen) atoms. The molecule has 126 valence electrons. The zero-order valence-corrected chi connectivity index (χ0v) is 14.3. The molecule has 1 aromatic carbocycles. The van der Waals surface area contributed by atoms with Crippen LogP contribution in [-0.2, 0) is 4.79 Å². The lowest BCUT2D eigenvalue weighted by atomic mass is 10.0. The zero-order chi connectivity index (χ0) is 17.3. The summed E-state index contributed by atoms with van der Waals surface area (Å²) in [6.07, 6.45) is 1.37. The van der Waals surface area contributed by atoms with Gasteiger partial charge in [0.2, 0.25) is 5.91 Å². The van der Waals surface area contributed by atoms with Crippen LogP contribution in [0.25, 0.3) is 0 Å². The maximum Gasteiger partial charge on any atom is 0.254 e. The van der Waals surface area contributed by atoms with Crippen LogP contribution >= 0.6 is 11.5 Å². The Morgan fingerprint density at radius 1 is 1.42 bits per heavy atom. The van der Waals surface area contributed by atoms with Gasteiger partial charge in [0.15, 0.2) is 0 Å². The first-order chi connectivity index (χ1) is 11.5. The number of hydrogen-bond donors (Lipinski definition) is 1. The van der Waals surface area contributed by atoms with Gasteiger partial charge in [-0.05, 0) is 62.0 Å². The average Bonchev–Trinajstić information content (AvgIpc) is 2.96. The normalized spacial score (nSPS) is 17.9. The molecule has 0 spiro atoms. The Morgan fingerprint density at radius 3 is 2.88 bits per heavy atom. The molecule has 2 amide bonds. The number of rotatable bonds is 3. The standard InChI is InChI=1S/C17H18FN3O2S/c1-10-8-12(18)5-6-15(10)21-7-3-4-14(17(21)23)19-16(22)13-9-24-20-11(13)2/h5-6,8-9,14H,3-4,7H2,1-2H3,(H,19,22)/t14-/m1/s1. The van der Waals surface area contributed by atoms with Gasteiger partial charge in [0.1, 0.15) is 11.9 Å². The van der Waals surface area contributed by atoms with E-state index in [1.165, 1.54) is 23.7 Å². The molecule has 0 aliphatic carbocycles. The highest BCUT2D eigenvalue weighted by atomic mass is 32.1. The molecule has 0 unspecified atom stereocenters. The summed E-state index contributed by atoms with van der Waals surface area (Å²) in [5.74, 6) is -0.770. The summed E-state index contributed by atoms with van der Waals surface area (Å²) in [5.41, 5.74) is 2.55. The van der Waals surface area contributed by atoms with Crippen molar-refractivity contribution in [1.29, 1.82) is 0 Å². The third kappa shape index (κ3) is 3.17. The molecule has 2 heterocycles. The molecule has 0 bridgehead atoms. The van der Waals surface area contributed by atoms with Gasteiger partial charge >= 0.3 is 0 Å². The van der Waals surface area contributed by atoms with Crippen LogP contribution in [0.15, 0.2) is 23.6 Å². The first-order valence-corrected chi connectivity index (χ1v) is 8.60. The molecule has 1 aliphatic heterocycles. The molecular weight excluding hydrogens is 329 g/mol. The SMILES string of the molecule is Cc1cc(F)ccc1N1CCC[C@@H](NC(=O)c2csnc2C)C1=O. The Labute approximate surface area is 143 Å². The van der Waals surface area contributed by atoms with Crippen molar-refractivity contribution in [3.8, 4) is 0 Å². The van der Waals surface area contributed by atoms with Crippen molar-refractivity contribution in [2.45, 2.75) is 32.7 Å². The van der Waals surface area contributed by atoms with Gasteiger partial charge in [-0.2, -0.15) is 4.37 Å². The number of halogens is 1. The van der Waals surface area contributed by atoms with Gasteiger partial charge in [0.05, 0.1) is 11.3 Å². The predicted octanol–water partition coefficient (Wildman–Crippen LogP) is 2.82. The molecule has 1 atom stereocenters. The summed E-state index contributed by atoms with van der Waals surface area (Å²) in [7, 11) is 0. The lowest BCUT2D eigenvalue weighted by molar-refractivity contribution is -0.121. The Bertz CT molecular complexity index is 790. The van der Waals surface area contributed by atoms with E-state index in [0.717, 1.165) is 6.42 Å². The monoisotopic (exact) mass is 347 g/mol. The van der Waals surface area contributed by atoms with Crippen molar-refractivity contribution in [1.82, 2.24) is 9.69 Å². The summed E-state index contributed by atoms with van der Waals surface area (Å²) in [6, 6.07) is 3.79. The van der Waals surface area contributed by atoms with Crippen molar-refractivity contribution >= 4 is 29.0 Å². The van der Waals surface area contributed by atoms with Crippen molar-refractivity contribution in [2.24, 2.45) is 0 Å². The van der Waals surface area contributed by atoms with Gasteiger partial charge in [-0.3, -0.25) is 9.59 Å². The van der Waals surface area contributed by atoms with Crippen LogP contribution in [0.5, 0.6) is 0 Å². The molecule has 7 heteroatoms. The Morgan fingerprint density at radius 2 is 2.21 bits per heavy atom. The van der Waals surface area contributed by atoms with Crippen molar-refractivity contribution < 1.29 is 14.0 Å². The zero-order valence-electron chi connectivity index (χ0n) is 13.5. The van der Waals surface area contributed by atoms with Crippen LogP contribution in [0.1, 0.15) is 34.5 Å². The van der Waals surface area contributed by atoms with Gasteiger partial charge in [0.25, 0.3) is 5.91 Å². The van der Waals surface area contributed by atoms with E-state index >= 15 is 0 Å². The van der Waals surface area contributed by atoms with Gasteiger partial charge in [-0.1, -0.05) is 0 Å². The minimum absolute atomic E-state index is 0.162. The maximum absolute atomic E-state index is 13.3. The summed E-state index contributed by atoms with van der Waals surface area (Å²) in [5, 5.41) is 4.49. The van der Waals surface area contributed by atoms with Gasteiger partial charge in [-0.25, -0.2) is 4.39 Å². The van der Waals surface area contributed by atoms with Gasteiger partial charge in [-0.15, -0.1) is 0 Å². The Hall–Kier alpha value is -2.28. The first kappa shape index (κ1) is 16.6. The molecule has 1 aromatic heterocycles. The second-order valence-electron chi connectivity index (χ2n) is 5.90. The maximum atomic E-state index is 13.3. The third-order valence-corrected chi connectivity index (χ3v) is 4.91. The average molecular weight is 347 g/mol. The fourth-order valence-electron chi connectivity index (χ4n) is 2.92. The highest BCUT2D eigenvalue weighted by molar-refractivity contribution is 7.03. The number of aromatic nitrogens is 1. The van der Waals surface area contributed by atoms with Crippen LogP contribution in [0, 0.1) is 19.7 Å². The molecule has 1 N–H and O–H groups in total. The Balaban J connectivity index is 1.78. The van der Waals surface area contributed by atoms with Crippen molar-refractivity contribution in [3.63, 3.8) is 0 Å². The van der Waals surface area contributed by atoms with E-state index in [9.17, 15) is 14.0 Å². The van der Waals surface area contributed by atoms with E-state index in [2.05, 4.69) is 9.69 Å². The number of piperidine rings is 1. The highest BCUT2D eigenvalue weighted by Gasteiger charge is 2.32. The molecule has 0 saturated carbocycles. The van der Waals surface area contributed by atoms with E-state index in [1.54, 1.807) is 30.2 Å². The largest absolute Gasteiger partial charge is 0.340 e. The van der Waals surface area contributed by atoms with Crippen LogP contribution in [0.3, 0.4) is 0 Å². The number of hydrogen-bond acceptors (Lipinski definition) is 4. The van der Waals surface area contributed by atoms with Crippen LogP contribution in [0.4, 0.5) is 10.1 Å². The number of nitrogens with one attached hydrogen (secondary N) is 1. The van der Waals surface area contributed by atoms with E-state index in [0.29, 0.717) is 35.5 Å².